The van der Waals surface area contributed by atoms with Gasteiger partial charge in [-0.05, 0) is 53.4 Å². The molecule has 3 amide bonds. The Morgan fingerprint density at radius 3 is 2.43 bits per heavy atom. The number of urea groups is 1. The van der Waals surface area contributed by atoms with Crippen LogP contribution >= 0.6 is 0 Å². The van der Waals surface area contributed by atoms with Crippen LogP contribution in [0.2, 0.25) is 0 Å². The van der Waals surface area contributed by atoms with E-state index in [2.05, 4.69) is 44.3 Å². The molecule has 146 valence electrons. The SMILES string of the molecule is CC(C)(C)c1ccc(CN2C(=O)NC3(CCCCc4ccccc43)C2=O)cc1. The number of fused-ring (bicyclic) bond motifs is 2. The second-order valence-corrected chi connectivity index (χ2v) is 9.04. The van der Waals surface area contributed by atoms with E-state index < -0.39 is 5.54 Å². The van der Waals surface area contributed by atoms with Crippen LogP contribution in [0, 0.1) is 0 Å². The van der Waals surface area contributed by atoms with Gasteiger partial charge in [-0.3, -0.25) is 9.69 Å². The van der Waals surface area contributed by atoms with Gasteiger partial charge in [-0.1, -0.05) is 69.3 Å². The second-order valence-electron chi connectivity index (χ2n) is 9.04. The van der Waals surface area contributed by atoms with Gasteiger partial charge >= 0.3 is 6.03 Å². The maximum atomic E-state index is 13.5. The lowest BCUT2D eigenvalue weighted by atomic mass is 9.84. The van der Waals surface area contributed by atoms with Gasteiger partial charge in [0.25, 0.3) is 5.91 Å². The average Bonchev–Trinajstić information content (AvgIpc) is 2.81. The van der Waals surface area contributed by atoms with E-state index in [1.807, 2.05) is 30.3 Å². The minimum Gasteiger partial charge on any atom is -0.319 e. The maximum absolute atomic E-state index is 13.5. The molecular formula is C24H28N2O2. The standard InChI is InChI=1S/C24H28N2O2/c1-23(2,3)19-13-11-17(12-14-19)16-26-21(27)24(25-22(26)28)15-7-6-9-18-8-4-5-10-20(18)24/h4-5,8,10-14H,6-7,9,15-16H2,1-3H3,(H,25,28). The fourth-order valence-corrected chi connectivity index (χ4v) is 4.41. The van der Waals surface area contributed by atoms with Gasteiger partial charge in [0, 0.05) is 0 Å². The lowest BCUT2D eigenvalue weighted by Crippen LogP contribution is -2.44. The highest BCUT2D eigenvalue weighted by molar-refractivity contribution is 6.07. The summed E-state index contributed by atoms with van der Waals surface area (Å²) in [6.45, 7) is 6.82. The summed E-state index contributed by atoms with van der Waals surface area (Å²) in [7, 11) is 0. The van der Waals surface area contributed by atoms with Crippen molar-refractivity contribution in [3.05, 3.63) is 70.8 Å². The topological polar surface area (TPSA) is 49.4 Å². The smallest absolute Gasteiger partial charge is 0.319 e. The first-order chi connectivity index (χ1) is 13.3. The van der Waals surface area contributed by atoms with Gasteiger partial charge < -0.3 is 5.32 Å². The number of amides is 3. The molecule has 1 unspecified atom stereocenters. The van der Waals surface area contributed by atoms with E-state index in [-0.39, 0.29) is 17.4 Å². The minimum absolute atomic E-state index is 0.0769. The van der Waals surface area contributed by atoms with E-state index in [0.29, 0.717) is 13.0 Å². The molecule has 4 nitrogen and oxygen atoms in total. The van der Waals surface area contributed by atoms with Gasteiger partial charge in [-0.25, -0.2) is 4.79 Å². The first-order valence-corrected chi connectivity index (χ1v) is 10.1. The quantitative estimate of drug-likeness (QED) is 0.775. The number of rotatable bonds is 2. The van der Waals surface area contributed by atoms with Crippen LogP contribution in [-0.4, -0.2) is 16.8 Å². The Bertz CT molecular complexity index is 911. The molecule has 2 aliphatic rings. The summed E-state index contributed by atoms with van der Waals surface area (Å²) >= 11 is 0. The number of hydrogen-bond acceptors (Lipinski definition) is 2. The zero-order valence-electron chi connectivity index (χ0n) is 16.9. The van der Waals surface area contributed by atoms with Crippen molar-refractivity contribution in [1.82, 2.24) is 10.2 Å². The van der Waals surface area contributed by atoms with Gasteiger partial charge in [-0.2, -0.15) is 0 Å². The van der Waals surface area contributed by atoms with Crippen LogP contribution in [0.25, 0.3) is 0 Å². The van der Waals surface area contributed by atoms with Gasteiger partial charge in [0.2, 0.25) is 0 Å². The normalized spacial score (nSPS) is 22.2. The predicted octanol–water partition coefficient (Wildman–Crippen LogP) is 4.66. The van der Waals surface area contributed by atoms with Gasteiger partial charge in [-0.15, -0.1) is 0 Å². The summed E-state index contributed by atoms with van der Waals surface area (Å²) in [6.07, 6.45) is 3.58. The highest BCUT2D eigenvalue weighted by Crippen LogP contribution is 2.39. The third-order valence-corrected chi connectivity index (χ3v) is 6.06. The van der Waals surface area contributed by atoms with Crippen molar-refractivity contribution < 1.29 is 9.59 Å². The molecule has 1 heterocycles. The first-order valence-electron chi connectivity index (χ1n) is 10.1. The van der Waals surface area contributed by atoms with E-state index in [1.165, 1.54) is 16.0 Å². The van der Waals surface area contributed by atoms with E-state index >= 15 is 0 Å². The molecule has 2 aromatic carbocycles. The van der Waals surface area contributed by atoms with Crippen molar-refractivity contribution >= 4 is 11.9 Å². The minimum atomic E-state index is -0.907. The Balaban J connectivity index is 1.63. The summed E-state index contributed by atoms with van der Waals surface area (Å²) in [4.78, 5) is 27.7. The van der Waals surface area contributed by atoms with E-state index in [1.54, 1.807) is 0 Å². The Kier molecular flexibility index (Phi) is 4.53. The van der Waals surface area contributed by atoms with Gasteiger partial charge in [0.1, 0.15) is 5.54 Å². The highest BCUT2D eigenvalue weighted by Gasteiger charge is 2.53. The highest BCUT2D eigenvalue weighted by atomic mass is 16.2. The third kappa shape index (κ3) is 3.11. The predicted molar refractivity (Wildman–Crippen MR) is 110 cm³/mol. The molecule has 0 bridgehead atoms. The Hall–Kier alpha value is -2.62. The van der Waals surface area contributed by atoms with E-state index in [4.69, 9.17) is 0 Å². The average molecular weight is 377 g/mol. The molecule has 1 fully saturated rings. The number of benzene rings is 2. The molecule has 1 aliphatic heterocycles. The van der Waals surface area contributed by atoms with Crippen molar-refractivity contribution in [2.45, 2.75) is 64.0 Å². The summed E-state index contributed by atoms with van der Waals surface area (Å²) < 4.78 is 0. The Morgan fingerprint density at radius 2 is 1.71 bits per heavy atom. The van der Waals surface area contributed by atoms with Crippen LogP contribution in [0.15, 0.2) is 48.5 Å². The molecule has 4 heteroatoms. The van der Waals surface area contributed by atoms with Crippen LogP contribution < -0.4 is 5.32 Å². The van der Waals surface area contributed by atoms with Crippen molar-refractivity contribution in [1.29, 1.82) is 0 Å². The number of aryl methyl sites for hydroxylation is 1. The Labute approximate surface area is 166 Å². The molecule has 1 atom stereocenters. The van der Waals surface area contributed by atoms with Crippen LogP contribution in [0.3, 0.4) is 0 Å². The third-order valence-electron chi connectivity index (χ3n) is 6.06. The summed E-state index contributed by atoms with van der Waals surface area (Å²) in [5.74, 6) is -0.119. The monoisotopic (exact) mass is 376 g/mol. The lowest BCUT2D eigenvalue weighted by molar-refractivity contribution is -0.132. The number of nitrogens with one attached hydrogen (secondary N) is 1. The van der Waals surface area contributed by atoms with Crippen LogP contribution in [0.5, 0.6) is 0 Å². The van der Waals surface area contributed by atoms with Crippen molar-refractivity contribution in [3.8, 4) is 0 Å². The number of carbonyl (C=O) groups is 2. The lowest BCUT2D eigenvalue weighted by Gasteiger charge is -2.27. The van der Waals surface area contributed by atoms with E-state index in [0.717, 1.165) is 30.4 Å². The summed E-state index contributed by atoms with van der Waals surface area (Å²) in [5.41, 5.74) is 3.52. The molecule has 0 radical (unpaired) electrons. The number of hydrogen-bond donors (Lipinski definition) is 1. The number of carbonyl (C=O) groups excluding carboxylic acids is 2. The fraction of sp³-hybridized carbons (Fsp3) is 0.417. The van der Waals surface area contributed by atoms with Crippen molar-refractivity contribution in [3.63, 3.8) is 0 Å². The molecule has 1 aliphatic carbocycles. The van der Waals surface area contributed by atoms with Crippen LogP contribution in [0.1, 0.15) is 62.3 Å². The largest absolute Gasteiger partial charge is 0.325 e. The summed E-state index contributed by atoms with van der Waals surface area (Å²) in [6, 6.07) is 16.0. The molecule has 2 aromatic rings. The zero-order chi connectivity index (χ0) is 19.9. The number of nitrogens with zero attached hydrogens (tertiary/aromatic N) is 1. The summed E-state index contributed by atoms with van der Waals surface area (Å²) in [5, 5.41) is 3.06. The first kappa shape index (κ1) is 18.7. The van der Waals surface area contributed by atoms with Crippen molar-refractivity contribution in [2.24, 2.45) is 0 Å². The molecular weight excluding hydrogens is 348 g/mol. The Morgan fingerprint density at radius 1 is 1.00 bits per heavy atom. The molecule has 0 aromatic heterocycles. The fourth-order valence-electron chi connectivity index (χ4n) is 4.41. The molecule has 28 heavy (non-hydrogen) atoms. The zero-order valence-corrected chi connectivity index (χ0v) is 16.9. The van der Waals surface area contributed by atoms with Crippen molar-refractivity contribution in [2.75, 3.05) is 0 Å². The maximum Gasteiger partial charge on any atom is 0.325 e. The molecule has 1 saturated heterocycles. The van der Waals surface area contributed by atoms with Crippen LogP contribution in [-0.2, 0) is 28.7 Å². The second kappa shape index (κ2) is 6.77. The van der Waals surface area contributed by atoms with Crippen LogP contribution in [0.4, 0.5) is 4.79 Å². The van der Waals surface area contributed by atoms with Gasteiger partial charge in [0.15, 0.2) is 0 Å². The molecule has 0 saturated carbocycles. The van der Waals surface area contributed by atoms with E-state index in [9.17, 15) is 9.59 Å². The molecule has 4 rings (SSSR count). The van der Waals surface area contributed by atoms with Gasteiger partial charge in [0.05, 0.1) is 6.54 Å². The number of imide groups is 1. The molecule has 1 N–H and O–H groups in total. The molecule has 1 spiro atoms.